The molecular weight excluding hydrogens is 388 g/mol. The highest BCUT2D eigenvalue weighted by Gasteiger charge is 2.36. The molecule has 0 bridgehead atoms. The maximum absolute atomic E-state index is 12.7. The smallest absolute Gasteiger partial charge is 0.310 e. The molecule has 4 nitrogen and oxygen atoms in total. The van der Waals surface area contributed by atoms with Gasteiger partial charge in [0.2, 0.25) is 0 Å². The number of carbonyl (C=O) groups excluding carboxylic acids is 2. The van der Waals surface area contributed by atoms with Crippen LogP contribution in [0.2, 0.25) is 0 Å². The molecule has 1 rings (SSSR count). The highest BCUT2D eigenvalue weighted by molar-refractivity contribution is 5.82. The van der Waals surface area contributed by atoms with Crippen molar-refractivity contribution >= 4 is 11.9 Å². The highest BCUT2D eigenvalue weighted by Crippen LogP contribution is 2.28. The van der Waals surface area contributed by atoms with Crippen LogP contribution in [0.3, 0.4) is 0 Å². The highest BCUT2D eigenvalue weighted by atomic mass is 16.5. The normalized spacial score (nSPS) is 19.2. The summed E-state index contributed by atoms with van der Waals surface area (Å²) in [7, 11) is 0. The lowest BCUT2D eigenvalue weighted by Crippen LogP contribution is -2.34. The molecule has 4 heteroatoms. The predicted molar refractivity (Wildman–Crippen MR) is 128 cm³/mol. The van der Waals surface area contributed by atoms with Gasteiger partial charge < -0.3 is 9.47 Å². The maximum atomic E-state index is 12.7. The van der Waals surface area contributed by atoms with Crippen molar-refractivity contribution in [1.82, 2.24) is 0 Å². The van der Waals surface area contributed by atoms with E-state index >= 15 is 0 Å². The summed E-state index contributed by atoms with van der Waals surface area (Å²) >= 11 is 0. The van der Waals surface area contributed by atoms with Crippen LogP contribution in [0.5, 0.6) is 0 Å². The second kappa shape index (κ2) is 18.3. The van der Waals surface area contributed by atoms with E-state index in [9.17, 15) is 9.59 Å². The van der Waals surface area contributed by atoms with E-state index in [1.54, 1.807) is 0 Å². The Bertz CT molecular complexity index is 499. The third-order valence-corrected chi connectivity index (χ3v) is 6.53. The second-order valence-corrected chi connectivity index (χ2v) is 9.20. The molecule has 1 aliphatic rings. The number of allylic oxidation sites excluding steroid dienone is 2. The Kier molecular flexibility index (Phi) is 16.3. The van der Waals surface area contributed by atoms with Crippen molar-refractivity contribution in [2.45, 2.75) is 117 Å². The minimum absolute atomic E-state index is 0.232. The minimum atomic E-state index is -0.399. The average molecular weight is 437 g/mol. The molecule has 0 spiro atoms. The molecule has 0 radical (unpaired) electrons. The van der Waals surface area contributed by atoms with Crippen molar-refractivity contribution in [3.05, 3.63) is 12.2 Å². The fourth-order valence-electron chi connectivity index (χ4n) is 4.23. The molecule has 0 aromatic rings. The zero-order valence-electron chi connectivity index (χ0n) is 20.5. The molecule has 0 heterocycles. The summed E-state index contributed by atoms with van der Waals surface area (Å²) in [5.74, 6) is -0.843. The van der Waals surface area contributed by atoms with Crippen LogP contribution in [0.4, 0.5) is 0 Å². The van der Waals surface area contributed by atoms with Crippen molar-refractivity contribution in [2.75, 3.05) is 13.2 Å². The Balaban J connectivity index is 2.28. The molecule has 1 aliphatic carbocycles. The molecule has 0 fully saturated rings. The molecule has 0 amide bonds. The van der Waals surface area contributed by atoms with Crippen LogP contribution in [0.1, 0.15) is 117 Å². The van der Waals surface area contributed by atoms with Gasteiger partial charge in [0.15, 0.2) is 0 Å². The number of ether oxygens (including phenoxy) is 2. The first-order chi connectivity index (χ1) is 15.1. The predicted octanol–water partition coefficient (Wildman–Crippen LogP) is 7.40. The van der Waals surface area contributed by atoms with Gasteiger partial charge in [-0.15, -0.1) is 0 Å². The Morgan fingerprint density at radius 1 is 0.742 bits per heavy atom. The number of hydrogen-bond donors (Lipinski definition) is 0. The lowest BCUT2D eigenvalue weighted by atomic mass is 9.83. The summed E-state index contributed by atoms with van der Waals surface area (Å²) in [5, 5.41) is 0. The minimum Gasteiger partial charge on any atom is -0.465 e. The van der Waals surface area contributed by atoms with E-state index in [-0.39, 0.29) is 11.9 Å². The maximum Gasteiger partial charge on any atom is 0.310 e. The number of rotatable bonds is 18. The molecule has 0 aromatic heterocycles. The van der Waals surface area contributed by atoms with Crippen LogP contribution in [0.25, 0.3) is 0 Å². The monoisotopic (exact) mass is 436 g/mol. The molecule has 0 aromatic carbocycles. The van der Waals surface area contributed by atoms with Gasteiger partial charge >= 0.3 is 11.9 Å². The van der Waals surface area contributed by atoms with E-state index in [4.69, 9.17) is 9.47 Å². The Hall–Kier alpha value is -1.32. The SMILES string of the molecule is CCCCCCCCCCCOC(=O)C1CC=CCC1C(=O)OCC(CC)CCCC. The standard InChI is InChI=1S/C27H48O4/c1-4-7-9-10-11-12-13-14-17-21-30-26(28)24-19-15-16-20-25(24)27(29)31-22-23(6-3)18-8-5-2/h15-16,23-25H,4-14,17-22H2,1-3H3. The summed E-state index contributed by atoms with van der Waals surface area (Å²) in [6.07, 6.45) is 20.7. The van der Waals surface area contributed by atoms with Gasteiger partial charge in [-0.05, 0) is 31.6 Å². The van der Waals surface area contributed by atoms with E-state index in [1.807, 2.05) is 12.2 Å². The van der Waals surface area contributed by atoms with Gasteiger partial charge in [-0.1, -0.05) is 104 Å². The van der Waals surface area contributed by atoms with Crippen LogP contribution < -0.4 is 0 Å². The van der Waals surface area contributed by atoms with Gasteiger partial charge in [-0.2, -0.15) is 0 Å². The van der Waals surface area contributed by atoms with Crippen molar-refractivity contribution in [3.8, 4) is 0 Å². The van der Waals surface area contributed by atoms with Crippen LogP contribution in [0, 0.1) is 17.8 Å². The quantitative estimate of drug-likeness (QED) is 0.128. The summed E-state index contributed by atoms with van der Waals surface area (Å²) < 4.78 is 11.2. The second-order valence-electron chi connectivity index (χ2n) is 9.20. The van der Waals surface area contributed by atoms with Gasteiger partial charge in [0.25, 0.3) is 0 Å². The fourth-order valence-corrected chi connectivity index (χ4v) is 4.23. The first kappa shape index (κ1) is 27.7. The number of esters is 2. The van der Waals surface area contributed by atoms with Crippen molar-refractivity contribution in [1.29, 1.82) is 0 Å². The molecule has 0 saturated carbocycles. The van der Waals surface area contributed by atoms with Crippen molar-refractivity contribution < 1.29 is 19.1 Å². The van der Waals surface area contributed by atoms with E-state index in [0.717, 1.165) is 38.5 Å². The number of unbranched alkanes of at least 4 members (excludes halogenated alkanes) is 9. The van der Waals surface area contributed by atoms with E-state index in [0.29, 0.717) is 32.0 Å². The van der Waals surface area contributed by atoms with Gasteiger partial charge in [0.1, 0.15) is 0 Å². The first-order valence-electron chi connectivity index (χ1n) is 13.1. The summed E-state index contributed by atoms with van der Waals surface area (Å²) in [5.41, 5.74) is 0. The third-order valence-electron chi connectivity index (χ3n) is 6.53. The molecule has 0 aliphatic heterocycles. The van der Waals surface area contributed by atoms with Crippen LogP contribution in [-0.4, -0.2) is 25.2 Å². The third kappa shape index (κ3) is 12.3. The fraction of sp³-hybridized carbons (Fsp3) is 0.852. The Morgan fingerprint density at radius 3 is 1.81 bits per heavy atom. The molecule has 180 valence electrons. The number of hydrogen-bond acceptors (Lipinski definition) is 4. The zero-order chi connectivity index (χ0) is 22.7. The Labute approximate surface area is 191 Å². The summed E-state index contributed by atoms with van der Waals surface area (Å²) in [6.45, 7) is 7.50. The molecule has 31 heavy (non-hydrogen) atoms. The number of carbonyl (C=O) groups is 2. The van der Waals surface area contributed by atoms with E-state index in [2.05, 4.69) is 20.8 Å². The van der Waals surface area contributed by atoms with E-state index < -0.39 is 11.8 Å². The lowest BCUT2D eigenvalue weighted by Gasteiger charge is -2.26. The van der Waals surface area contributed by atoms with Crippen LogP contribution in [0.15, 0.2) is 12.2 Å². The van der Waals surface area contributed by atoms with Gasteiger partial charge in [0, 0.05) is 0 Å². The van der Waals surface area contributed by atoms with Crippen molar-refractivity contribution in [2.24, 2.45) is 17.8 Å². The average Bonchev–Trinajstić information content (AvgIpc) is 2.80. The van der Waals surface area contributed by atoms with Crippen LogP contribution >= 0.6 is 0 Å². The molecule has 0 N–H and O–H groups in total. The van der Waals surface area contributed by atoms with E-state index in [1.165, 1.54) is 44.9 Å². The lowest BCUT2D eigenvalue weighted by molar-refractivity contribution is -0.162. The van der Waals surface area contributed by atoms with Crippen molar-refractivity contribution in [3.63, 3.8) is 0 Å². The van der Waals surface area contributed by atoms with Crippen LogP contribution in [-0.2, 0) is 19.1 Å². The first-order valence-corrected chi connectivity index (χ1v) is 13.1. The molecule has 0 saturated heterocycles. The van der Waals surface area contributed by atoms with Gasteiger partial charge in [0.05, 0.1) is 25.0 Å². The summed E-state index contributed by atoms with van der Waals surface area (Å²) in [6, 6.07) is 0. The molecular formula is C27H48O4. The van der Waals surface area contributed by atoms with Gasteiger partial charge in [-0.25, -0.2) is 0 Å². The topological polar surface area (TPSA) is 52.6 Å². The summed E-state index contributed by atoms with van der Waals surface area (Å²) in [4.78, 5) is 25.3. The largest absolute Gasteiger partial charge is 0.465 e. The Morgan fingerprint density at radius 2 is 1.26 bits per heavy atom. The molecule has 3 atom stereocenters. The zero-order valence-corrected chi connectivity index (χ0v) is 20.5. The molecule has 3 unspecified atom stereocenters. The van der Waals surface area contributed by atoms with Gasteiger partial charge in [-0.3, -0.25) is 9.59 Å².